The van der Waals surface area contributed by atoms with E-state index in [9.17, 15) is 0 Å². The van der Waals surface area contributed by atoms with Crippen LogP contribution in [0.25, 0.3) is 5.69 Å². The first kappa shape index (κ1) is 13.7. The highest BCUT2D eigenvalue weighted by molar-refractivity contribution is 5.36. The van der Waals surface area contributed by atoms with E-state index in [0.717, 1.165) is 23.5 Å². The molecule has 0 saturated carbocycles. The largest absolute Gasteiger partial charge is 0.312 e. The molecule has 4 heteroatoms. The highest BCUT2D eigenvalue weighted by Crippen LogP contribution is 2.18. The highest BCUT2D eigenvalue weighted by atomic mass is 15.4. The lowest BCUT2D eigenvalue weighted by Crippen LogP contribution is -2.14. The Morgan fingerprint density at radius 1 is 1.26 bits per heavy atom. The molecule has 0 aliphatic carbocycles. The SMILES string of the molecule is CCCc1ccc(-n2nnc(C(C)NC)c2C)cc1. The molecule has 1 aromatic carbocycles. The van der Waals surface area contributed by atoms with E-state index >= 15 is 0 Å². The highest BCUT2D eigenvalue weighted by Gasteiger charge is 2.14. The molecule has 0 bridgehead atoms. The van der Waals surface area contributed by atoms with Gasteiger partial charge in [-0.15, -0.1) is 5.10 Å². The number of benzene rings is 1. The Labute approximate surface area is 114 Å². The Balaban J connectivity index is 2.29. The van der Waals surface area contributed by atoms with E-state index in [2.05, 4.69) is 60.7 Å². The van der Waals surface area contributed by atoms with E-state index in [1.54, 1.807) is 0 Å². The molecule has 1 unspecified atom stereocenters. The monoisotopic (exact) mass is 258 g/mol. The van der Waals surface area contributed by atoms with Crippen molar-refractivity contribution in [3.63, 3.8) is 0 Å². The predicted molar refractivity (Wildman–Crippen MR) is 77.6 cm³/mol. The van der Waals surface area contributed by atoms with Crippen LogP contribution in [0.3, 0.4) is 0 Å². The van der Waals surface area contributed by atoms with Crippen LogP contribution < -0.4 is 5.32 Å². The standard InChI is InChI=1S/C15H22N4/c1-5-6-13-7-9-14(10-8-13)19-12(3)15(17-18-19)11(2)16-4/h7-11,16H,5-6H2,1-4H3. The zero-order chi connectivity index (χ0) is 13.8. The lowest BCUT2D eigenvalue weighted by atomic mass is 10.1. The van der Waals surface area contributed by atoms with Crippen LogP contribution >= 0.6 is 0 Å². The van der Waals surface area contributed by atoms with Crippen molar-refractivity contribution in [1.29, 1.82) is 0 Å². The fourth-order valence-corrected chi connectivity index (χ4v) is 2.22. The van der Waals surface area contributed by atoms with Crippen molar-refractivity contribution in [3.05, 3.63) is 41.2 Å². The Kier molecular flexibility index (Phi) is 4.32. The summed E-state index contributed by atoms with van der Waals surface area (Å²) in [5, 5.41) is 11.7. The summed E-state index contributed by atoms with van der Waals surface area (Å²) in [4.78, 5) is 0. The van der Waals surface area contributed by atoms with Crippen molar-refractivity contribution in [2.45, 2.75) is 39.7 Å². The maximum absolute atomic E-state index is 4.27. The maximum Gasteiger partial charge on any atom is 0.103 e. The van der Waals surface area contributed by atoms with E-state index in [4.69, 9.17) is 0 Å². The molecule has 102 valence electrons. The van der Waals surface area contributed by atoms with Crippen molar-refractivity contribution in [3.8, 4) is 5.69 Å². The second kappa shape index (κ2) is 5.97. The fraction of sp³-hybridized carbons (Fsp3) is 0.467. The summed E-state index contributed by atoms with van der Waals surface area (Å²) in [7, 11) is 1.93. The second-order valence-electron chi connectivity index (χ2n) is 4.90. The first-order chi connectivity index (χ1) is 9.17. The first-order valence-corrected chi connectivity index (χ1v) is 6.86. The van der Waals surface area contributed by atoms with E-state index in [1.807, 2.05) is 11.7 Å². The summed E-state index contributed by atoms with van der Waals surface area (Å²) in [5.41, 5.74) is 4.53. The summed E-state index contributed by atoms with van der Waals surface area (Å²) in [6.45, 7) is 6.34. The number of aryl methyl sites for hydroxylation is 1. The van der Waals surface area contributed by atoms with Gasteiger partial charge in [-0.1, -0.05) is 30.7 Å². The lowest BCUT2D eigenvalue weighted by Gasteiger charge is -2.08. The zero-order valence-electron chi connectivity index (χ0n) is 12.1. The van der Waals surface area contributed by atoms with Crippen molar-refractivity contribution in [2.24, 2.45) is 0 Å². The third kappa shape index (κ3) is 2.84. The molecular weight excluding hydrogens is 236 g/mol. The van der Waals surface area contributed by atoms with Crippen LogP contribution in [0.15, 0.2) is 24.3 Å². The van der Waals surface area contributed by atoms with Crippen LogP contribution in [0, 0.1) is 6.92 Å². The van der Waals surface area contributed by atoms with Gasteiger partial charge in [0.25, 0.3) is 0 Å². The van der Waals surface area contributed by atoms with Gasteiger partial charge < -0.3 is 5.32 Å². The van der Waals surface area contributed by atoms with Crippen molar-refractivity contribution in [2.75, 3.05) is 7.05 Å². The van der Waals surface area contributed by atoms with Gasteiger partial charge in [0.05, 0.1) is 17.4 Å². The van der Waals surface area contributed by atoms with Gasteiger partial charge in [0, 0.05) is 0 Å². The topological polar surface area (TPSA) is 42.7 Å². The number of aromatic nitrogens is 3. The number of rotatable bonds is 5. The molecule has 1 aromatic heterocycles. The Bertz CT molecular complexity index is 528. The number of hydrogen-bond acceptors (Lipinski definition) is 3. The molecule has 0 aliphatic rings. The first-order valence-electron chi connectivity index (χ1n) is 6.86. The van der Waals surface area contributed by atoms with Gasteiger partial charge >= 0.3 is 0 Å². The quantitative estimate of drug-likeness (QED) is 0.896. The lowest BCUT2D eigenvalue weighted by molar-refractivity contribution is 0.627. The minimum absolute atomic E-state index is 0.216. The molecule has 0 aliphatic heterocycles. The minimum atomic E-state index is 0.216. The van der Waals surface area contributed by atoms with Gasteiger partial charge in [0.2, 0.25) is 0 Å². The fourth-order valence-electron chi connectivity index (χ4n) is 2.22. The van der Waals surface area contributed by atoms with E-state index in [1.165, 1.54) is 12.0 Å². The molecule has 2 aromatic rings. The maximum atomic E-state index is 4.27. The van der Waals surface area contributed by atoms with Crippen molar-refractivity contribution in [1.82, 2.24) is 20.3 Å². The van der Waals surface area contributed by atoms with E-state index < -0.39 is 0 Å². The smallest absolute Gasteiger partial charge is 0.103 e. The van der Waals surface area contributed by atoms with Crippen LogP contribution in [0.4, 0.5) is 0 Å². The van der Waals surface area contributed by atoms with Crippen LogP contribution in [0.1, 0.15) is 43.3 Å². The molecule has 0 saturated heterocycles. The van der Waals surface area contributed by atoms with Crippen LogP contribution in [0.2, 0.25) is 0 Å². The molecule has 0 fully saturated rings. The molecule has 19 heavy (non-hydrogen) atoms. The molecule has 0 amide bonds. The number of nitrogens with zero attached hydrogens (tertiary/aromatic N) is 3. The summed E-state index contributed by atoms with van der Waals surface area (Å²) in [5.74, 6) is 0. The van der Waals surface area contributed by atoms with Crippen molar-refractivity contribution >= 4 is 0 Å². The minimum Gasteiger partial charge on any atom is -0.312 e. The summed E-state index contributed by atoms with van der Waals surface area (Å²) in [6.07, 6.45) is 2.30. The molecule has 4 nitrogen and oxygen atoms in total. The second-order valence-corrected chi connectivity index (χ2v) is 4.90. The van der Waals surface area contributed by atoms with Crippen LogP contribution in [-0.2, 0) is 6.42 Å². The number of nitrogens with one attached hydrogen (secondary N) is 1. The molecule has 2 rings (SSSR count). The average Bonchev–Trinajstić information content (AvgIpc) is 2.81. The molecule has 1 atom stereocenters. The predicted octanol–water partition coefficient (Wildman–Crippen LogP) is 2.81. The van der Waals surface area contributed by atoms with Gasteiger partial charge in [-0.3, -0.25) is 0 Å². The summed E-state index contributed by atoms with van der Waals surface area (Å²) >= 11 is 0. The number of hydrogen-bond donors (Lipinski definition) is 1. The van der Waals surface area contributed by atoms with E-state index in [0.29, 0.717) is 0 Å². The summed E-state index contributed by atoms with van der Waals surface area (Å²) in [6, 6.07) is 8.77. The van der Waals surface area contributed by atoms with Crippen LogP contribution in [-0.4, -0.2) is 22.0 Å². The zero-order valence-corrected chi connectivity index (χ0v) is 12.1. The molecular formula is C15H22N4. The third-order valence-corrected chi connectivity index (χ3v) is 3.49. The van der Waals surface area contributed by atoms with Gasteiger partial charge in [0.1, 0.15) is 5.69 Å². The molecule has 1 heterocycles. The van der Waals surface area contributed by atoms with Gasteiger partial charge in [-0.2, -0.15) is 0 Å². The molecule has 0 radical (unpaired) electrons. The van der Waals surface area contributed by atoms with E-state index in [-0.39, 0.29) is 6.04 Å². The molecule has 0 spiro atoms. The van der Waals surface area contributed by atoms with Crippen LogP contribution in [0.5, 0.6) is 0 Å². The Hall–Kier alpha value is -1.68. The Morgan fingerprint density at radius 2 is 1.95 bits per heavy atom. The normalized spacial score (nSPS) is 12.6. The van der Waals surface area contributed by atoms with Crippen molar-refractivity contribution < 1.29 is 0 Å². The average molecular weight is 258 g/mol. The third-order valence-electron chi connectivity index (χ3n) is 3.49. The van der Waals surface area contributed by atoms with Gasteiger partial charge in [-0.05, 0) is 45.0 Å². The molecule has 1 N–H and O–H groups in total. The summed E-state index contributed by atoms with van der Waals surface area (Å²) < 4.78 is 1.90. The van der Waals surface area contributed by atoms with Gasteiger partial charge in [-0.25, -0.2) is 4.68 Å². The Morgan fingerprint density at radius 3 is 2.53 bits per heavy atom. The van der Waals surface area contributed by atoms with Gasteiger partial charge in [0.15, 0.2) is 0 Å².